The summed E-state index contributed by atoms with van der Waals surface area (Å²) >= 11 is 0. The molecule has 1 N–H and O–H groups in total. The van der Waals surface area contributed by atoms with Gasteiger partial charge in [0, 0.05) is 12.6 Å². The number of benzene rings is 3. The van der Waals surface area contributed by atoms with Crippen molar-refractivity contribution < 1.29 is 28.9 Å². The van der Waals surface area contributed by atoms with Crippen molar-refractivity contribution in [2.45, 2.75) is 25.4 Å². The minimum absolute atomic E-state index is 0.0518. The van der Waals surface area contributed by atoms with Gasteiger partial charge in [0.15, 0.2) is 17.7 Å². The van der Waals surface area contributed by atoms with Crippen molar-refractivity contribution in [2.75, 3.05) is 18.6 Å². The van der Waals surface area contributed by atoms with Crippen molar-refractivity contribution in [3.63, 3.8) is 0 Å². The van der Waals surface area contributed by atoms with Crippen LogP contribution in [0.25, 0.3) is 0 Å². The molecule has 3 aromatic carbocycles. The van der Waals surface area contributed by atoms with Gasteiger partial charge in [0.25, 0.3) is 5.91 Å². The lowest BCUT2D eigenvalue weighted by atomic mass is 10.0. The van der Waals surface area contributed by atoms with Gasteiger partial charge in [-0.1, -0.05) is 67.3 Å². The maximum atomic E-state index is 13.8. The lowest BCUT2D eigenvalue weighted by Gasteiger charge is -2.32. The molecule has 0 spiro atoms. The quantitative estimate of drug-likeness (QED) is 0.519. The highest BCUT2D eigenvalue weighted by Crippen LogP contribution is 2.46. The molecule has 2 heterocycles. The van der Waals surface area contributed by atoms with E-state index >= 15 is 0 Å². The number of hydrogen-bond donors (Lipinski definition) is 1. The van der Waals surface area contributed by atoms with E-state index in [2.05, 4.69) is 6.58 Å². The van der Waals surface area contributed by atoms with E-state index in [9.17, 15) is 14.7 Å². The Hall–Kier alpha value is -4.30. The van der Waals surface area contributed by atoms with Crippen LogP contribution in [0.15, 0.2) is 79.4 Å². The van der Waals surface area contributed by atoms with Gasteiger partial charge in [0.1, 0.15) is 19.3 Å². The molecule has 0 fully saturated rings. The number of nitrogens with zero attached hydrogens (tertiary/aromatic N) is 2. The van der Waals surface area contributed by atoms with E-state index in [4.69, 9.17) is 14.2 Å². The first-order chi connectivity index (χ1) is 17.5. The Labute approximate surface area is 208 Å². The summed E-state index contributed by atoms with van der Waals surface area (Å²) in [7, 11) is 1.48. The molecule has 1 unspecified atom stereocenters. The predicted molar refractivity (Wildman–Crippen MR) is 133 cm³/mol. The summed E-state index contributed by atoms with van der Waals surface area (Å²) in [6.45, 7) is 4.09. The van der Waals surface area contributed by atoms with Gasteiger partial charge in [0.05, 0.1) is 18.4 Å². The summed E-state index contributed by atoms with van der Waals surface area (Å²) < 4.78 is 16.9. The van der Waals surface area contributed by atoms with Crippen LogP contribution in [0.1, 0.15) is 33.1 Å². The fourth-order valence-electron chi connectivity index (χ4n) is 4.71. The Balaban J connectivity index is 1.61. The number of carbonyl (C=O) groups excluding carboxylic acids is 2. The third kappa shape index (κ3) is 4.05. The second-order valence-electron chi connectivity index (χ2n) is 8.52. The minimum atomic E-state index is -1.40. The molecule has 2 amide bonds. The van der Waals surface area contributed by atoms with Crippen LogP contribution in [0.3, 0.4) is 0 Å². The minimum Gasteiger partial charge on any atom is -0.493 e. The number of aliphatic hydroxyl groups excluding tert-OH is 1. The smallest absolute Gasteiger partial charge is 0.416 e. The second kappa shape index (κ2) is 9.75. The predicted octanol–water partition coefficient (Wildman–Crippen LogP) is 4.43. The maximum Gasteiger partial charge on any atom is 0.416 e. The molecule has 2 atom stereocenters. The van der Waals surface area contributed by atoms with Crippen molar-refractivity contribution in [2.24, 2.45) is 0 Å². The average molecular weight is 487 g/mol. The van der Waals surface area contributed by atoms with Gasteiger partial charge in [-0.2, -0.15) is 0 Å². The Morgan fingerprint density at radius 2 is 1.86 bits per heavy atom. The summed E-state index contributed by atoms with van der Waals surface area (Å²) in [5, 5.41) is 11.6. The monoisotopic (exact) mass is 486 g/mol. The van der Waals surface area contributed by atoms with Gasteiger partial charge >= 0.3 is 6.09 Å². The first-order valence-corrected chi connectivity index (χ1v) is 11.6. The van der Waals surface area contributed by atoms with E-state index < -0.39 is 18.4 Å². The zero-order valence-corrected chi connectivity index (χ0v) is 19.8. The van der Waals surface area contributed by atoms with Crippen LogP contribution in [0.5, 0.6) is 11.5 Å². The Kier molecular flexibility index (Phi) is 6.35. The summed E-state index contributed by atoms with van der Waals surface area (Å²) in [5.74, 6) is 0.323. The SMILES string of the molecule is C=CCOC(=O)N1c2cc(OCc3ccccc3)c(OC)cc2C(=O)N2Cc3ccccc3[C@H]2C1O. The van der Waals surface area contributed by atoms with Crippen molar-refractivity contribution in [1.82, 2.24) is 4.90 Å². The van der Waals surface area contributed by atoms with Crippen LogP contribution < -0.4 is 14.4 Å². The van der Waals surface area contributed by atoms with Gasteiger partial charge in [0.2, 0.25) is 0 Å². The van der Waals surface area contributed by atoms with E-state index in [1.807, 2.05) is 54.6 Å². The Bertz CT molecular complexity index is 1310. The average Bonchev–Trinajstić information content (AvgIpc) is 3.27. The maximum absolute atomic E-state index is 13.8. The zero-order valence-electron chi connectivity index (χ0n) is 19.8. The van der Waals surface area contributed by atoms with Gasteiger partial charge in [-0.3, -0.25) is 4.79 Å². The molecule has 0 aliphatic carbocycles. The van der Waals surface area contributed by atoms with Crippen molar-refractivity contribution in [1.29, 1.82) is 0 Å². The second-order valence-corrected chi connectivity index (χ2v) is 8.52. The molecular weight excluding hydrogens is 460 g/mol. The third-order valence-corrected chi connectivity index (χ3v) is 6.39. The first kappa shape index (κ1) is 23.4. The lowest BCUT2D eigenvalue weighted by molar-refractivity contribution is 0.0405. The summed E-state index contributed by atoms with van der Waals surface area (Å²) in [5.41, 5.74) is 3.00. The van der Waals surface area contributed by atoms with Crippen molar-refractivity contribution in [3.05, 3.63) is 102 Å². The zero-order chi connectivity index (χ0) is 25.2. The largest absolute Gasteiger partial charge is 0.493 e. The number of aliphatic hydroxyl groups is 1. The fraction of sp³-hybridized carbons (Fsp3) is 0.214. The molecule has 184 valence electrons. The number of anilines is 1. The summed E-state index contributed by atoms with van der Waals surface area (Å²) in [4.78, 5) is 29.7. The number of carbonyl (C=O) groups is 2. The van der Waals surface area contributed by atoms with Crippen LogP contribution >= 0.6 is 0 Å². The van der Waals surface area contributed by atoms with Crippen LogP contribution in [-0.2, 0) is 17.9 Å². The van der Waals surface area contributed by atoms with Crippen LogP contribution in [0.2, 0.25) is 0 Å². The molecule has 3 aromatic rings. The molecule has 2 aliphatic heterocycles. The van der Waals surface area contributed by atoms with E-state index in [0.29, 0.717) is 18.0 Å². The topological polar surface area (TPSA) is 88.5 Å². The standard InChI is InChI=1S/C28H26N2O6/c1-3-13-35-28(33)30-22-15-24(36-17-18-9-5-4-6-10-18)23(34-2)14-21(22)26(31)29-16-19-11-7-8-12-20(19)25(29)27(30)32/h3-12,14-15,25,27,32H,1,13,16-17H2,2H3/t25-,27?/m0/s1. The lowest BCUT2D eigenvalue weighted by Crippen LogP contribution is -2.46. The van der Waals surface area contributed by atoms with Crippen LogP contribution in [0, 0.1) is 0 Å². The normalized spacial score (nSPS) is 18.0. The molecule has 0 radical (unpaired) electrons. The molecule has 0 bridgehead atoms. The molecular formula is C28H26N2O6. The number of methoxy groups -OCH3 is 1. The number of rotatable bonds is 6. The highest BCUT2D eigenvalue weighted by atomic mass is 16.6. The molecule has 5 rings (SSSR count). The van der Waals surface area contributed by atoms with E-state index in [0.717, 1.165) is 21.6 Å². The molecule has 0 aromatic heterocycles. The van der Waals surface area contributed by atoms with E-state index in [1.54, 1.807) is 17.0 Å². The van der Waals surface area contributed by atoms with Crippen LogP contribution in [0.4, 0.5) is 10.5 Å². The van der Waals surface area contributed by atoms with Crippen LogP contribution in [-0.4, -0.2) is 42.0 Å². The number of hydrogen-bond acceptors (Lipinski definition) is 6. The Morgan fingerprint density at radius 1 is 1.11 bits per heavy atom. The number of fused-ring (bicyclic) bond motifs is 4. The van der Waals surface area contributed by atoms with E-state index in [-0.39, 0.29) is 30.4 Å². The summed E-state index contributed by atoms with van der Waals surface area (Å²) in [6, 6.07) is 19.4. The van der Waals surface area contributed by atoms with Gasteiger partial charge in [-0.15, -0.1) is 0 Å². The molecule has 2 aliphatic rings. The molecule has 8 nitrogen and oxygen atoms in total. The first-order valence-electron chi connectivity index (χ1n) is 11.6. The van der Waals surface area contributed by atoms with Crippen molar-refractivity contribution >= 4 is 17.7 Å². The molecule has 0 saturated carbocycles. The molecule has 36 heavy (non-hydrogen) atoms. The van der Waals surface area contributed by atoms with E-state index in [1.165, 1.54) is 13.2 Å². The van der Waals surface area contributed by atoms with Gasteiger partial charge in [-0.25, -0.2) is 9.69 Å². The molecule has 8 heteroatoms. The Morgan fingerprint density at radius 3 is 2.61 bits per heavy atom. The van der Waals surface area contributed by atoms with Crippen molar-refractivity contribution in [3.8, 4) is 11.5 Å². The fourth-order valence-corrected chi connectivity index (χ4v) is 4.71. The highest BCUT2D eigenvalue weighted by Gasteiger charge is 2.47. The third-order valence-electron chi connectivity index (χ3n) is 6.39. The number of ether oxygens (including phenoxy) is 3. The summed E-state index contributed by atoms with van der Waals surface area (Å²) in [6.07, 6.45) is -0.762. The highest BCUT2D eigenvalue weighted by molar-refractivity contribution is 6.06. The molecule has 0 saturated heterocycles. The van der Waals surface area contributed by atoms with Gasteiger partial charge in [-0.05, 0) is 22.8 Å². The van der Waals surface area contributed by atoms with Gasteiger partial charge < -0.3 is 24.2 Å². The number of amides is 2.